The van der Waals surface area contributed by atoms with Crippen molar-refractivity contribution in [2.24, 2.45) is 0 Å². The smallest absolute Gasteiger partial charge is 0.124 e. The van der Waals surface area contributed by atoms with Crippen molar-refractivity contribution >= 4 is 12.6 Å². The number of benzene rings is 1. The average molecular weight is 225 g/mol. The highest BCUT2D eigenvalue weighted by atomic mass is 32.1. The van der Waals surface area contributed by atoms with E-state index in [1.165, 1.54) is 11.1 Å². The molecule has 0 aliphatic heterocycles. The van der Waals surface area contributed by atoms with Gasteiger partial charge in [-0.15, -0.1) is 0 Å². The maximum absolute atomic E-state index is 5.38. The lowest BCUT2D eigenvalue weighted by atomic mass is 10.0. The summed E-state index contributed by atoms with van der Waals surface area (Å²) in [7, 11) is 5.71. The van der Waals surface area contributed by atoms with Crippen molar-refractivity contribution in [1.29, 1.82) is 0 Å². The molecule has 15 heavy (non-hydrogen) atoms. The Morgan fingerprint density at radius 3 is 2.20 bits per heavy atom. The van der Waals surface area contributed by atoms with Crippen LogP contribution in [0.15, 0.2) is 12.1 Å². The van der Waals surface area contributed by atoms with E-state index in [4.69, 9.17) is 4.74 Å². The van der Waals surface area contributed by atoms with E-state index < -0.39 is 0 Å². The standard InChI is InChI=1S/C12H19NOS/c1-8-6-10(12(15)13(3)4)11(14-5)7-9(8)2/h6-7,12,15H,1-5H3. The molecule has 0 bridgehead atoms. The monoisotopic (exact) mass is 225 g/mol. The van der Waals surface area contributed by atoms with Gasteiger partial charge in [0.25, 0.3) is 0 Å². The van der Waals surface area contributed by atoms with E-state index in [-0.39, 0.29) is 5.37 Å². The molecule has 1 aromatic rings. The molecule has 0 fully saturated rings. The molecule has 0 aliphatic rings. The molecule has 0 aliphatic carbocycles. The van der Waals surface area contributed by atoms with Crippen molar-refractivity contribution in [2.75, 3.05) is 21.2 Å². The first-order valence-electron chi connectivity index (χ1n) is 4.97. The molecular formula is C12H19NOS. The molecule has 0 saturated carbocycles. The summed E-state index contributed by atoms with van der Waals surface area (Å²) in [4.78, 5) is 2.05. The molecule has 0 heterocycles. The van der Waals surface area contributed by atoms with Crippen LogP contribution in [-0.4, -0.2) is 26.1 Å². The summed E-state index contributed by atoms with van der Waals surface area (Å²) in [6.07, 6.45) is 0. The third kappa shape index (κ3) is 2.67. The van der Waals surface area contributed by atoms with E-state index in [2.05, 4.69) is 43.5 Å². The van der Waals surface area contributed by atoms with Crippen molar-refractivity contribution in [3.63, 3.8) is 0 Å². The highest BCUT2D eigenvalue weighted by Crippen LogP contribution is 2.32. The number of hydrogen-bond acceptors (Lipinski definition) is 3. The maximum Gasteiger partial charge on any atom is 0.124 e. The highest BCUT2D eigenvalue weighted by molar-refractivity contribution is 7.80. The van der Waals surface area contributed by atoms with Gasteiger partial charge < -0.3 is 4.74 Å². The van der Waals surface area contributed by atoms with Gasteiger partial charge >= 0.3 is 0 Å². The minimum absolute atomic E-state index is 0.0687. The molecule has 0 saturated heterocycles. The number of hydrogen-bond donors (Lipinski definition) is 1. The molecule has 2 nitrogen and oxygen atoms in total. The normalized spacial score (nSPS) is 13.0. The van der Waals surface area contributed by atoms with Crippen LogP contribution in [0.2, 0.25) is 0 Å². The largest absolute Gasteiger partial charge is 0.496 e. The van der Waals surface area contributed by atoms with E-state index in [0.717, 1.165) is 11.3 Å². The summed E-state index contributed by atoms with van der Waals surface area (Å²) in [5.41, 5.74) is 3.63. The van der Waals surface area contributed by atoms with E-state index in [1.54, 1.807) is 7.11 Å². The maximum atomic E-state index is 5.38. The van der Waals surface area contributed by atoms with Crippen LogP contribution in [0.1, 0.15) is 22.1 Å². The fourth-order valence-electron chi connectivity index (χ4n) is 1.47. The third-order valence-corrected chi connectivity index (χ3v) is 3.35. The molecule has 84 valence electrons. The second-order valence-electron chi connectivity index (χ2n) is 4.02. The number of aryl methyl sites for hydroxylation is 2. The Balaban J connectivity index is 3.21. The number of ether oxygens (including phenoxy) is 1. The van der Waals surface area contributed by atoms with Crippen LogP contribution in [0, 0.1) is 13.8 Å². The summed E-state index contributed by atoms with van der Waals surface area (Å²) in [5, 5.41) is 0.0687. The number of thiol groups is 1. The number of methoxy groups -OCH3 is 1. The van der Waals surface area contributed by atoms with Crippen molar-refractivity contribution < 1.29 is 4.74 Å². The Kier molecular flexibility index (Phi) is 4.05. The summed E-state index contributed by atoms with van der Waals surface area (Å²) in [5.74, 6) is 0.909. The van der Waals surface area contributed by atoms with Crippen molar-refractivity contribution in [3.05, 3.63) is 28.8 Å². The molecule has 1 rings (SSSR count). The van der Waals surface area contributed by atoms with Gasteiger partial charge in [0.05, 0.1) is 12.5 Å². The van der Waals surface area contributed by atoms with Gasteiger partial charge in [-0.2, -0.15) is 12.6 Å². The van der Waals surface area contributed by atoms with Gasteiger partial charge in [0.1, 0.15) is 5.75 Å². The first kappa shape index (κ1) is 12.4. The van der Waals surface area contributed by atoms with Crippen LogP contribution in [0.5, 0.6) is 5.75 Å². The quantitative estimate of drug-likeness (QED) is 0.627. The summed E-state index contributed by atoms with van der Waals surface area (Å²) in [6, 6.07) is 4.21. The molecule has 0 amide bonds. The first-order valence-corrected chi connectivity index (χ1v) is 5.48. The fraction of sp³-hybridized carbons (Fsp3) is 0.500. The Hall–Kier alpha value is -0.670. The van der Waals surface area contributed by atoms with Crippen molar-refractivity contribution in [3.8, 4) is 5.75 Å². The van der Waals surface area contributed by atoms with Gasteiger partial charge in [-0.25, -0.2) is 0 Å². The van der Waals surface area contributed by atoms with Crippen LogP contribution in [-0.2, 0) is 0 Å². The number of nitrogens with zero attached hydrogens (tertiary/aromatic N) is 1. The van der Waals surface area contributed by atoms with Crippen LogP contribution in [0.4, 0.5) is 0 Å². The minimum Gasteiger partial charge on any atom is -0.496 e. The van der Waals surface area contributed by atoms with Crippen LogP contribution in [0.3, 0.4) is 0 Å². The van der Waals surface area contributed by atoms with Gasteiger partial charge in [0.15, 0.2) is 0 Å². The average Bonchev–Trinajstić information content (AvgIpc) is 2.20. The van der Waals surface area contributed by atoms with E-state index >= 15 is 0 Å². The molecule has 0 N–H and O–H groups in total. The van der Waals surface area contributed by atoms with Crippen LogP contribution in [0.25, 0.3) is 0 Å². The molecule has 0 radical (unpaired) electrons. The summed E-state index contributed by atoms with van der Waals surface area (Å²) in [6.45, 7) is 4.19. The molecule has 1 unspecified atom stereocenters. The van der Waals surface area contributed by atoms with Crippen molar-refractivity contribution in [1.82, 2.24) is 4.90 Å². The van der Waals surface area contributed by atoms with Crippen molar-refractivity contribution in [2.45, 2.75) is 19.2 Å². The van der Waals surface area contributed by atoms with E-state index in [1.807, 2.05) is 14.1 Å². The zero-order chi connectivity index (χ0) is 11.6. The van der Waals surface area contributed by atoms with Gasteiger partial charge in [-0.05, 0) is 51.2 Å². The fourth-order valence-corrected chi connectivity index (χ4v) is 1.67. The SMILES string of the molecule is COc1cc(C)c(C)cc1C(S)N(C)C. The second-order valence-corrected chi connectivity index (χ2v) is 4.50. The molecule has 1 aromatic carbocycles. The van der Waals surface area contributed by atoms with Crippen LogP contribution >= 0.6 is 12.6 Å². The third-order valence-electron chi connectivity index (χ3n) is 2.61. The lowest BCUT2D eigenvalue weighted by Gasteiger charge is -2.22. The minimum atomic E-state index is 0.0687. The van der Waals surface area contributed by atoms with E-state index in [9.17, 15) is 0 Å². The second kappa shape index (κ2) is 4.90. The lowest BCUT2D eigenvalue weighted by Crippen LogP contribution is -2.16. The molecule has 3 heteroatoms. The Morgan fingerprint density at radius 1 is 1.20 bits per heavy atom. The Labute approximate surface area is 97.6 Å². The topological polar surface area (TPSA) is 12.5 Å². The number of rotatable bonds is 3. The summed E-state index contributed by atoms with van der Waals surface area (Å²) < 4.78 is 5.38. The van der Waals surface area contributed by atoms with Gasteiger partial charge in [0.2, 0.25) is 0 Å². The van der Waals surface area contributed by atoms with Gasteiger partial charge in [-0.1, -0.05) is 0 Å². The first-order chi connectivity index (χ1) is 6.97. The zero-order valence-electron chi connectivity index (χ0n) is 10.0. The van der Waals surface area contributed by atoms with Gasteiger partial charge in [-0.3, -0.25) is 4.90 Å². The molecular weight excluding hydrogens is 206 g/mol. The lowest BCUT2D eigenvalue weighted by molar-refractivity contribution is 0.366. The Morgan fingerprint density at radius 2 is 1.73 bits per heavy atom. The molecule has 1 atom stereocenters. The molecule has 0 aromatic heterocycles. The van der Waals surface area contributed by atoms with Gasteiger partial charge in [0, 0.05) is 5.56 Å². The van der Waals surface area contributed by atoms with E-state index in [0.29, 0.717) is 0 Å². The van der Waals surface area contributed by atoms with Crippen LogP contribution < -0.4 is 4.74 Å². The highest BCUT2D eigenvalue weighted by Gasteiger charge is 2.15. The molecule has 0 spiro atoms. The zero-order valence-corrected chi connectivity index (χ0v) is 10.9. The predicted octanol–water partition coefficient (Wildman–Crippen LogP) is 2.80. The Bertz CT molecular complexity index is 350. The summed E-state index contributed by atoms with van der Waals surface area (Å²) >= 11 is 4.57. The predicted molar refractivity (Wildman–Crippen MR) is 67.9 cm³/mol.